The van der Waals surface area contributed by atoms with Gasteiger partial charge in [-0.05, 0) is 12.1 Å². The molecule has 0 aliphatic rings. The number of carbonyl (C=O) groups excluding carboxylic acids is 1. The molecule has 1 rings (SSSR count). The highest BCUT2D eigenvalue weighted by atomic mass is 32.2. The number of benzene rings is 1. The molecule has 0 fully saturated rings. The van der Waals surface area contributed by atoms with Crippen LogP contribution in [0, 0.1) is 0 Å². The van der Waals surface area contributed by atoms with Crippen molar-refractivity contribution in [1.29, 1.82) is 0 Å². The molecule has 0 atom stereocenters. The Morgan fingerprint density at radius 2 is 1.87 bits per heavy atom. The van der Waals surface area contributed by atoms with Gasteiger partial charge in [-0.1, -0.05) is 18.2 Å². The molecule has 15 heavy (non-hydrogen) atoms. The minimum atomic E-state index is -3.67. The lowest BCUT2D eigenvalue weighted by atomic mass is 10.4. The second kappa shape index (κ2) is 4.90. The van der Waals surface area contributed by atoms with Crippen molar-refractivity contribution in [2.45, 2.75) is 4.90 Å². The van der Waals surface area contributed by atoms with Crippen molar-refractivity contribution < 1.29 is 23.1 Å². The number of aliphatic hydroxyl groups is 1. The molecule has 0 bridgehead atoms. The first-order chi connectivity index (χ1) is 7.06. The Kier molecular flexibility index (Phi) is 3.81. The van der Waals surface area contributed by atoms with Crippen molar-refractivity contribution in [3.05, 3.63) is 30.3 Å². The second-order valence-electron chi connectivity index (χ2n) is 2.72. The van der Waals surface area contributed by atoms with Gasteiger partial charge in [0, 0.05) is 0 Å². The lowest BCUT2D eigenvalue weighted by molar-refractivity contribution is -0.148. The van der Waals surface area contributed by atoms with E-state index in [9.17, 15) is 13.2 Å². The van der Waals surface area contributed by atoms with Gasteiger partial charge in [-0.25, -0.2) is 8.42 Å². The quantitative estimate of drug-likeness (QED) is 0.579. The Morgan fingerprint density at radius 1 is 1.27 bits per heavy atom. The third-order valence-electron chi connectivity index (χ3n) is 1.64. The normalized spacial score (nSPS) is 11.0. The zero-order chi connectivity index (χ0) is 11.3. The topological polar surface area (TPSA) is 80.7 Å². The van der Waals surface area contributed by atoms with Crippen LogP contribution in [-0.2, 0) is 19.4 Å². The molecule has 1 N–H and O–H groups in total. The maximum atomic E-state index is 11.5. The summed E-state index contributed by atoms with van der Waals surface area (Å²) in [5.74, 6) is -1.74. The van der Waals surface area contributed by atoms with E-state index in [0.717, 1.165) is 0 Å². The van der Waals surface area contributed by atoms with Gasteiger partial charge in [-0.3, -0.25) is 4.79 Å². The van der Waals surface area contributed by atoms with E-state index in [2.05, 4.69) is 4.74 Å². The number of rotatable bonds is 4. The van der Waals surface area contributed by atoms with Crippen LogP contribution in [0.4, 0.5) is 0 Å². The zero-order valence-electron chi connectivity index (χ0n) is 7.79. The fourth-order valence-electron chi connectivity index (χ4n) is 0.980. The Labute approximate surface area is 87.2 Å². The first-order valence-electron chi connectivity index (χ1n) is 4.10. The van der Waals surface area contributed by atoms with Gasteiger partial charge in [0.05, 0.1) is 4.90 Å². The molecule has 6 heteroatoms. The number of esters is 1. The predicted molar refractivity (Wildman–Crippen MR) is 51.7 cm³/mol. The Hall–Kier alpha value is -1.40. The average Bonchev–Trinajstić information content (AvgIpc) is 2.18. The van der Waals surface area contributed by atoms with Crippen molar-refractivity contribution in [3.63, 3.8) is 0 Å². The van der Waals surface area contributed by atoms with E-state index in [1.54, 1.807) is 18.2 Å². The standard InChI is InChI=1S/C9H10O5S/c10-7-14-9(11)6-15(12,13)8-4-2-1-3-5-8/h1-5,10H,6-7H2. The van der Waals surface area contributed by atoms with Gasteiger partial charge in [0.15, 0.2) is 22.4 Å². The first kappa shape index (κ1) is 11.7. The highest BCUT2D eigenvalue weighted by Crippen LogP contribution is 2.09. The zero-order valence-corrected chi connectivity index (χ0v) is 8.61. The summed E-state index contributed by atoms with van der Waals surface area (Å²) >= 11 is 0. The molecule has 0 aliphatic carbocycles. The lowest BCUT2D eigenvalue weighted by Gasteiger charge is -2.03. The van der Waals surface area contributed by atoms with Crippen LogP contribution >= 0.6 is 0 Å². The van der Waals surface area contributed by atoms with Crippen molar-refractivity contribution in [3.8, 4) is 0 Å². The number of carbonyl (C=O) groups is 1. The molecule has 0 saturated heterocycles. The van der Waals surface area contributed by atoms with E-state index < -0.39 is 28.4 Å². The van der Waals surface area contributed by atoms with E-state index in [4.69, 9.17) is 5.11 Å². The van der Waals surface area contributed by atoms with E-state index in [-0.39, 0.29) is 4.90 Å². The molecular formula is C9H10O5S. The van der Waals surface area contributed by atoms with Crippen molar-refractivity contribution in [2.24, 2.45) is 0 Å². The summed E-state index contributed by atoms with van der Waals surface area (Å²) in [6, 6.07) is 7.57. The first-order valence-corrected chi connectivity index (χ1v) is 5.76. The van der Waals surface area contributed by atoms with Crippen molar-refractivity contribution in [2.75, 3.05) is 12.5 Å². The molecule has 1 aromatic rings. The molecule has 82 valence electrons. The van der Waals surface area contributed by atoms with Crippen LogP contribution in [0.3, 0.4) is 0 Å². The van der Waals surface area contributed by atoms with Gasteiger partial charge >= 0.3 is 5.97 Å². The van der Waals surface area contributed by atoms with E-state index in [1.165, 1.54) is 12.1 Å². The minimum Gasteiger partial charge on any atom is -0.438 e. The monoisotopic (exact) mass is 230 g/mol. The Balaban J connectivity index is 2.81. The smallest absolute Gasteiger partial charge is 0.323 e. The molecular weight excluding hydrogens is 220 g/mol. The highest BCUT2D eigenvalue weighted by Gasteiger charge is 2.19. The molecule has 0 aromatic heterocycles. The van der Waals surface area contributed by atoms with Crippen LogP contribution < -0.4 is 0 Å². The summed E-state index contributed by atoms with van der Waals surface area (Å²) in [5, 5.41) is 8.27. The average molecular weight is 230 g/mol. The molecule has 1 aromatic carbocycles. The SMILES string of the molecule is O=C(CS(=O)(=O)c1ccccc1)OCO. The minimum absolute atomic E-state index is 0.0555. The molecule has 0 spiro atoms. The van der Waals surface area contributed by atoms with Crippen LogP contribution in [0.5, 0.6) is 0 Å². The number of hydrogen-bond acceptors (Lipinski definition) is 5. The number of aliphatic hydroxyl groups excluding tert-OH is 1. The number of ether oxygens (including phenoxy) is 1. The summed E-state index contributed by atoms with van der Waals surface area (Å²) in [6.07, 6.45) is 0. The van der Waals surface area contributed by atoms with E-state index in [0.29, 0.717) is 0 Å². The molecule has 0 heterocycles. The van der Waals surface area contributed by atoms with Crippen LogP contribution in [0.15, 0.2) is 35.2 Å². The molecule has 0 saturated carbocycles. The van der Waals surface area contributed by atoms with Crippen LogP contribution in [0.1, 0.15) is 0 Å². The van der Waals surface area contributed by atoms with Crippen LogP contribution in [-0.4, -0.2) is 32.0 Å². The molecule has 0 amide bonds. The predicted octanol–water partition coefficient (Wildman–Crippen LogP) is -0.0467. The summed E-state index contributed by atoms with van der Waals surface area (Å²) in [7, 11) is -3.67. The van der Waals surface area contributed by atoms with Gasteiger partial charge in [0.1, 0.15) is 0 Å². The van der Waals surface area contributed by atoms with E-state index >= 15 is 0 Å². The molecule has 0 aliphatic heterocycles. The maximum absolute atomic E-state index is 11.5. The summed E-state index contributed by atoms with van der Waals surface area (Å²) in [6.45, 7) is -0.816. The number of hydrogen-bond donors (Lipinski definition) is 1. The van der Waals surface area contributed by atoms with Crippen LogP contribution in [0.25, 0.3) is 0 Å². The third kappa shape index (κ3) is 3.34. The highest BCUT2D eigenvalue weighted by molar-refractivity contribution is 7.92. The van der Waals surface area contributed by atoms with E-state index in [1.807, 2.05) is 0 Å². The van der Waals surface area contributed by atoms with Crippen LogP contribution in [0.2, 0.25) is 0 Å². The fourth-order valence-corrected chi connectivity index (χ4v) is 2.11. The van der Waals surface area contributed by atoms with Gasteiger partial charge in [-0.15, -0.1) is 0 Å². The van der Waals surface area contributed by atoms with Crippen molar-refractivity contribution in [1.82, 2.24) is 0 Å². The Bertz CT molecular complexity index is 423. The third-order valence-corrected chi connectivity index (χ3v) is 3.24. The summed E-state index contributed by atoms with van der Waals surface area (Å²) in [5.41, 5.74) is 0. The largest absolute Gasteiger partial charge is 0.438 e. The molecule has 0 radical (unpaired) electrons. The fraction of sp³-hybridized carbons (Fsp3) is 0.222. The van der Waals surface area contributed by atoms with Gasteiger partial charge in [0.2, 0.25) is 0 Å². The maximum Gasteiger partial charge on any atom is 0.323 e. The number of sulfone groups is 1. The Morgan fingerprint density at radius 3 is 2.40 bits per heavy atom. The summed E-state index contributed by atoms with van der Waals surface area (Å²) in [4.78, 5) is 10.9. The summed E-state index contributed by atoms with van der Waals surface area (Å²) < 4.78 is 27.2. The van der Waals surface area contributed by atoms with Gasteiger partial charge < -0.3 is 9.84 Å². The van der Waals surface area contributed by atoms with Gasteiger partial charge in [-0.2, -0.15) is 0 Å². The second-order valence-corrected chi connectivity index (χ2v) is 4.71. The molecule has 5 nitrogen and oxygen atoms in total. The lowest BCUT2D eigenvalue weighted by Crippen LogP contribution is -2.19. The molecule has 0 unspecified atom stereocenters. The van der Waals surface area contributed by atoms with Gasteiger partial charge in [0.25, 0.3) is 0 Å². The van der Waals surface area contributed by atoms with Crippen molar-refractivity contribution >= 4 is 15.8 Å².